The molecule has 0 saturated carbocycles. The molecule has 0 spiro atoms. The summed E-state index contributed by atoms with van der Waals surface area (Å²) in [6.07, 6.45) is 11.8. The minimum Gasteiger partial charge on any atom is -0.302 e. The fourth-order valence-electron chi connectivity index (χ4n) is 2.77. The summed E-state index contributed by atoms with van der Waals surface area (Å²) in [5.41, 5.74) is 0. The van der Waals surface area contributed by atoms with Gasteiger partial charge < -0.3 is 4.90 Å². The third-order valence-electron chi connectivity index (χ3n) is 4.08. The van der Waals surface area contributed by atoms with E-state index in [9.17, 15) is 4.79 Å². The molecule has 0 radical (unpaired) electrons. The average molecular weight is 253 g/mol. The molecule has 0 aromatic heterocycles. The van der Waals surface area contributed by atoms with Crippen molar-refractivity contribution in [2.24, 2.45) is 5.92 Å². The second-order valence-electron chi connectivity index (χ2n) is 5.89. The van der Waals surface area contributed by atoms with Crippen LogP contribution in [0.1, 0.15) is 71.6 Å². The van der Waals surface area contributed by atoms with Crippen molar-refractivity contribution in [1.29, 1.82) is 0 Å². The van der Waals surface area contributed by atoms with Gasteiger partial charge in [-0.25, -0.2) is 0 Å². The van der Waals surface area contributed by atoms with Gasteiger partial charge in [0, 0.05) is 25.4 Å². The van der Waals surface area contributed by atoms with E-state index in [-0.39, 0.29) is 5.92 Å². The van der Waals surface area contributed by atoms with Gasteiger partial charge in [0.05, 0.1) is 0 Å². The van der Waals surface area contributed by atoms with Crippen molar-refractivity contribution in [3.05, 3.63) is 0 Å². The van der Waals surface area contributed by atoms with E-state index in [1.54, 1.807) is 0 Å². The fraction of sp³-hybridized carbons (Fsp3) is 0.938. The van der Waals surface area contributed by atoms with Crippen molar-refractivity contribution in [2.45, 2.75) is 71.6 Å². The zero-order chi connectivity index (χ0) is 13.2. The van der Waals surface area contributed by atoms with Crippen molar-refractivity contribution in [1.82, 2.24) is 4.90 Å². The maximum atomic E-state index is 11.4. The van der Waals surface area contributed by atoms with Crippen LogP contribution in [0, 0.1) is 5.92 Å². The average Bonchev–Trinajstić information content (AvgIpc) is 2.37. The van der Waals surface area contributed by atoms with E-state index in [1.165, 1.54) is 57.9 Å². The van der Waals surface area contributed by atoms with E-state index in [1.807, 2.05) is 0 Å². The van der Waals surface area contributed by atoms with Gasteiger partial charge >= 0.3 is 0 Å². The van der Waals surface area contributed by atoms with Gasteiger partial charge in [0.2, 0.25) is 0 Å². The van der Waals surface area contributed by atoms with Gasteiger partial charge in [-0.05, 0) is 13.0 Å². The lowest BCUT2D eigenvalue weighted by Crippen LogP contribution is -2.39. The number of piperidine rings is 1. The van der Waals surface area contributed by atoms with Gasteiger partial charge in [-0.2, -0.15) is 0 Å². The van der Waals surface area contributed by atoms with Gasteiger partial charge in [0.1, 0.15) is 5.78 Å². The second-order valence-corrected chi connectivity index (χ2v) is 5.89. The number of carbonyl (C=O) groups excluding carboxylic acids is 1. The standard InChI is InChI=1S/C16H31NO/c1-3-4-5-6-7-8-9-10-12-17-13-11-16(18)15(2)14-17/h15H,3-14H2,1-2H3. The molecule has 0 N–H and O–H groups in total. The van der Waals surface area contributed by atoms with Gasteiger partial charge in [-0.15, -0.1) is 0 Å². The number of hydrogen-bond donors (Lipinski definition) is 0. The number of hydrogen-bond acceptors (Lipinski definition) is 2. The van der Waals surface area contributed by atoms with Crippen LogP contribution in [0.15, 0.2) is 0 Å². The third-order valence-corrected chi connectivity index (χ3v) is 4.08. The first-order chi connectivity index (χ1) is 8.74. The highest BCUT2D eigenvalue weighted by atomic mass is 16.1. The number of unbranched alkanes of at least 4 members (excludes halogenated alkanes) is 7. The zero-order valence-corrected chi connectivity index (χ0v) is 12.4. The largest absolute Gasteiger partial charge is 0.302 e. The van der Waals surface area contributed by atoms with Crippen LogP contribution in [0.2, 0.25) is 0 Å². The van der Waals surface area contributed by atoms with Crippen molar-refractivity contribution in [3.8, 4) is 0 Å². The van der Waals surface area contributed by atoms with E-state index < -0.39 is 0 Å². The van der Waals surface area contributed by atoms with Gasteiger partial charge in [-0.1, -0.05) is 58.8 Å². The molecule has 1 rings (SSSR count). The van der Waals surface area contributed by atoms with Crippen LogP contribution in [0.3, 0.4) is 0 Å². The Morgan fingerprint density at radius 1 is 1.06 bits per heavy atom. The lowest BCUT2D eigenvalue weighted by atomic mass is 9.98. The summed E-state index contributed by atoms with van der Waals surface area (Å²) >= 11 is 0. The summed E-state index contributed by atoms with van der Waals surface area (Å²) in [7, 11) is 0. The Bertz CT molecular complexity index is 227. The Morgan fingerprint density at radius 3 is 2.28 bits per heavy atom. The Hall–Kier alpha value is -0.370. The van der Waals surface area contributed by atoms with Crippen molar-refractivity contribution >= 4 is 5.78 Å². The van der Waals surface area contributed by atoms with Crippen molar-refractivity contribution in [3.63, 3.8) is 0 Å². The maximum Gasteiger partial charge on any atom is 0.138 e. The highest BCUT2D eigenvalue weighted by molar-refractivity contribution is 5.81. The molecule has 0 aliphatic carbocycles. The molecule has 0 aromatic carbocycles. The molecular formula is C16H31NO. The van der Waals surface area contributed by atoms with Crippen LogP contribution in [0.4, 0.5) is 0 Å². The van der Waals surface area contributed by atoms with Gasteiger partial charge in [0.25, 0.3) is 0 Å². The van der Waals surface area contributed by atoms with Crippen LogP contribution in [0.25, 0.3) is 0 Å². The summed E-state index contributed by atoms with van der Waals surface area (Å²) in [4.78, 5) is 13.9. The Labute approximate surface area is 113 Å². The number of ketones is 1. The number of carbonyl (C=O) groups is 1. The van der Waals surface area contributed by atoms with E-state index in [4.69, 9.17) is 0 Å². The van der Waals surface area contributed by atoms with Crippen LogP contribution in [-0.2, 0) is 4.79 Å². The zero-order valence-electron chi connectivity index (χ0n) is 12.4. The first-order valence-corrected chi connectivity index (χ1v) is 7.99. The quantitative estimate of drug-likeness (QED) is 0.578. The lowest BCUT2D eigenvalue weighted by Gasteiger charge is -2.29. The Morgan fingerprint density at radius 2 is 1.67 bits per heavy atom. The smallest absolute Gasteiger partial charge is 0.138 e. The van der Waals surface area contributed by atoms with Crippen LogP contribution in [-0.4, -0.2) is 30.3 Å². The number of nitrogens with zero attached hydrogens (tertiary/aromatic N) is 1. The number of Topliss-reactive ketones (excluding diaryl/α,β-unsaturated/α-hetero) is 1. The van der Waals surface area contributed by atoms with Crippen LogP contribution in [0.5, 0.6) is 0 Å². The lowest BCUT2D eigenvalue weighted by molar-refractivity contribution is -0.125. The molecule has 0 amide bonds. The third kappa shape index (κ3) is 6.53. The molecule has 1 aliphatic heterocycles. The van der Waals surface area contributed by atoms with E-state index in [0.29, 0.717) is 5.78 Å². The summed E-state index contributed by atoms with van der Waals surface area (Å²) in [5, 5.41) is 0. The molecule has 1 saturated heterocycles. The van der Waals surface area contributed by atoms with Crippen molar-refractivity contribution in [2.75, 3.05) is 19.6 Å². The molecule has 2 heteroatoms. The molecule has 0 bridgehead atoms. The number of rotatable bonds is 9. The van der Waals surface area contributed by atoms with Crippen LogP contribution < -0.4 is 0 Å². The molecule has 1 aliphatic rings. The van der Waals surface area contributed by atoms with E-state index >= 15 is 0 Å². The molecule has 1 fully saturated rings. The van der Waals surface area contributed by atoms with Gasteiger partial charge in [-0.3, -0.25) is 4.79 Å². The Balaban J connectivity index is 1.90. The summed E-state index contributed by atoms with van der Waals surface area (Å²) in [5.74, 6) is 0.731. The maximum absolute atomic E-state index is 11.4. The number of likely N-dealkylation sites (tertiary alicyclic amines) is 1. The first kappa shape index (κ1) is 15.7. The fourth-order valence-corrected chi connectivity index (χ4v) is 2.77. The monoisotopic (exact) mass is 253 g/mol. The molecular weight excluding hydrogens is 222 g/mol. The SMILES string of the molecule is CCCCCCCCCCN1CCC(=O)C(C)C1. The topological polar surface area (TPSA) is 20.3 Å². The van der Waals surface area contributed by atoms with E-state index in [2.05, 4.69) is 18.7 Å². The minimum atomic E-state index is 0.271. The summed E-state index contributed by atoms with van der Waals surface area (Å²) in [6, 6.07) is 0. The summed E-state index contributed by atoms with van der Waals surface area (Å²) < 4.78 is 0. The minimum absolute atomic E-state index is 0.271. The highest BCUT2D eigenvalue weighted by Gasteiger charge is 2.22. The predicted octanol–water partition coefficient (Wildman–Crippen LogP) is 4.04. The Kier molecular flexibility index (Phi) is 8.32. The normalized spacial score (nSPS) is 21.4. The van der Waals surface area contributed by atoms with Crippen molar-refractivity contribution < 1.29 is 4.79 Å². The molecule has 0 aromatic rings. The van der Waals surface area contributed by atoms with E-state index in [0.717, 1.165) is 19.5 Å². The van der Waals surface area contributed by atoms with Crippen LogP contribution >= 0.6 is 0 Å². The second kappa shape index (κ2) is 9.55. The molecule has 2 nitrogen and oxygen atoms in total. The molecule has 18 heavy (non-hydrogen) atoms. The molecule has 106 valence electrons. The van der Waals surface area contributed by atoms with Gasteiger partial charge in [0.15, 0.2) is 0 Å². The molecule has 1 unspecified atom stereocenters. The first-order valence-electron chi connectivity index (χ1n) is 7.99. The predicted molar refractivity (Wildman–Crippen MR) is 77.8 cm³/mol. The molecule has 1 atom stereocenters. The highest BCUT2D eigenvalue weighted by Crippen LogP contribution is 2.14. The molecule has 1 heterocycles. The summed E-state index contributed by atoms with van der Waals surface area (Å²) in [6.45, 7) is 7.54.